The molecule has 3 aliphatic rings. The Kier molecular flexibility index (Phi) is 32.4. The molecule has 5 aromatic carbocycles. The van der Waals surface area contributed by atoms with Gasteiger partial charge < -0.3 is 72.3 Å². The van der Waals surface area contributed by atoms with Gasteiger partial charge in [0.05, 0.1) is 156 Å². The number of anilines is 2. The summed E-state index contributed by atoms with van der Waals surface area (Å²) >= 11 is 6.32. The van der Waals surface area contributed by atoms with Gasteiger partial charge in [-0.25, -0.2) is 56.1 Å². The minimum atomic E-state index is -0.993. The van der Waals surface area contributed by atoms with Crippen LogP contribution in [-0.2, 0) is 45.6 Å². The Morgan fingerprint density at radius 2 is 0.802 bits per heavy atom. The van der Waals surface area contributed by atoms with Gasteiger partial charge in [0.1, 0.15) is 69.5 Å². The van der Waals surface area contributed by atoms with E-state index >= 15 is 0 Å². The first-order valence-corrected chi connectivity index (χ1v) is 39.4. The number of hydrogen-bond donors (Lipinski definition) is 8. The van der Waals surface area contributed by atoms with Gasteiger partial charge in [-0.2, -0.15) is 0 Å². The molecule has 0 radical (unpaired) electrons. The van der Waals surface area contributed by atoms with Gasteiger partial charge in [-0.05, 0) is 166 Å². The van der Waals surface area contributed by atoms with Crippen LogP contribution in [0.2, 0.25) is 5.02 Å². The number of amides is 6. The Bertz CT molecular complexity index is 5930. The first-order chi connectivity index (χ1) is 60.6. The first-order valence-electron chi connectivity index (χ1n) is 39.1. The van der Waals surface area contributed by atoms with Crippen molar-refractivity contribution in [3.63, 3.8) is 0 Å². The fourth-order valence-electron chi connectivity index (χ4n) is 13.2. The van der Waals surface area contributed by atoms with Crippen LogP contribution in [-0.4, -0.2) is 146 Å². The highest BCUT2D eigenvalue weighted by molar-refractivity contribution is 6.34. The molecule has 12 aromatic rings. The third kappa shape index (κ3) is 23.1. The van der Waals surface area contributed by atoms with E-state index in [0.29, 0.717) is 122 Å². The lowest BCUT2D eigenvalue weighted by Crippen LogP contribution is -2.24. The standard InChI is InChI=1S/C31H28F2N4O4.C22H17ClF2N2O3.C22H18F2N4O2.C8H11N3O.C6H6N2O2.C2H7N/c1-4-34-30(38)18-8-10-21(35-15-18)12-20-13-25(29-23(32)6-5-7-24(29)33)36-26-17-37(31(39)28(20)26)16-19-9-11-22(40-2)14-27(19)41-3;1-29-13-7-6-12(19(8-13)30-2)10-27-11-18-20(22(27)28)14(23)9-17(26-18)21-15(24)4-3-5-16(21)25;1-2-25-21(29)12-6-7-14(26-10-12)8-13-9-17(20-15(23)4-3-5-16(20)24)28-18-11-27-22(30)19(13)18;1-2-10-8(12)6-3-4-7(9)11-5-6;7-5-2-1-4(3-8-5)6(9)10;1-2-3/h5-11,13-15H,4,12,16-17H2,1-3H3,(H,34,38);3-9H,10-11H2,1-2H3;3-7,9-10H,2,8,11H2,1H3,(H,25,29)(H,27,30);3-5H,2H2,1H3,(H2,9,11)(H,10,12);1-3H,(H2,7,8)(H,9,10);2-3H2,1H3. The van der Waals surface area contributed by atoms with Gasteiger partial charge in [0, 0.05) is 91.9 Å². The predicted octanol–water partition coefficient (Wildman–Crippen LogP) is 13.5. The number of nitrogens with one attached hydrogen (secondary N) is 4. The molecule has 15 rings (SSSR count). The van der Waals surface area contributed by atoms with Crippen molar-refractivity contribution < 1.29 is 84.0 Å². The SMILES string of the molecule is CCN.CCNC(=O)c1ccc(Cc2cc(-c3c(F)cccc3F)nc3c2C(=O)N(Cc2ccc(OC)cc2OC)C3)nc1.CCNC(=O)c1ccc(Cc2cc(-c3c(F)cccc3F)nc3c2C(=O)NC3)nc1.CCNC(=O)c1ccc(N)nc1.COc1ccc(CN2Cc3nc(-c4c(F)cccc4F)cc(Cl)c3C2=O)c(OC)c1.Nc1ccc(C(=O)O)cn1. The number of carboxylic acid groups (broad SMARTS) is 1. The molecule has 0 unspecified atom stereocenters. The third-order valence-corrected chi connectivity index (χ3v) is 19.4. The normalized spacial score (nSPS) is 11.8. The molecule has 3 aliphatic heterocycles. The van der Waals surface area contributed by atoms with E-state index in [1.54, 1.807) is 84.7 Å². The van der Waals surface area contributed by atoms with Crippen LogP contribution in [0.4, 0.5) is 38.0 Å². The Morgan fingerprint density at radius 3 is 1.16 bits per heavy atom. The van der Waals surface area contributed by atoms with Crippen LogP contribution in [0.15, 0.2) is 183 Å². The van der Waals surface area contributed by atoms with Crippen molar-refractivity contribution in [2.45, 2.75) is 73.3 Å². The Balaban J connectivity index is 0.000000175. The Morgan fingerprint density at radius 1 is 0.444 bits per heavy atom. The number of ether oxygens (including phenoxy) is 4. The minimum Gasteiger partial charge on any atom is -0.497 e. The van der Waals surface area contributed by atoms with Gasteiger partial charge in [-0.15, -0.1) is 0 Å². The predicted molar refractivity (Wildman–Crippen MR) is 458 cm³/mol. The molecule has 10 heterocycles. The van der Waals surface area contributed by atoms with Crippen molar-refractivity contribution in [1.82, 2.24) is 66.0 Å². The molecule has 28 nitrogen and oxygen atoms in total. The number of nitrogen functional groups attached to an aromatic ring is 2. The monoisotopic (exact) mass is 1740 g/mol. The zero-order valence-electron chi connectivity index (χ0n) is 69.4. The maximum absolute atomic E-state index is 14.8. The van der Waals surface area contributed by atoms with Crippen LogP contribution in [0.1, 0.15) is 151 Å². The molecule has 0 fully saturated rings. The van der Waals surface area contributed by atoms with Crippen LogP contribution in [0.5, 0.6) is 23.0 Å². The molecule has 0 bridgehead atoms. The fraction of sp³-hybridized carbons (Fsp3) is 0.209. The van der Waals surface area contributed by atoms with Crippen molar-refractivity contribution in [2.75, 3.05) is 66.1 Å². The molecule has 0 atom stereocenters. The maximum atomic E-state index is 14.8. The summed E-state index contributed by atoms with van der Waals surface area (Å²) in [5.41, 5.74) is 22.5. The number of halogens is 7. The topological polar surface area (TPSA) is 400 Å². The number of aromatic nitrogens is 7. The summed E-state index contributed by atoms with van der Waals surface area (Å²) in [7, 11) is 6.18. The number of carboxylic acids is 1. The van der Waals surface area contributed by atoms with Crippen molar-refractivity contribution in [3.05, 3.63) is 312 Å². The zero-order valence-corrected chi connectivity index (χ0v) is 70.2. The van der Waals surface area contributed by atoms with Gasteiger partial charge in [-0.3, -0.25) is 38.7 Å². The third-order valence-electron chi connectivity index (χ3n) is 19.1. The van der Waals surface area contributed by atoms with Crippen LogP contribution in [0, 0.1) is 34.9 Å². The summed E-state index contributed by atoms with van der Waals surface area (Å²) in [4.78, 5) is 117. The van der Waals surface area contributed by atoms with Crippen LogP contribution in [0.3, 0.4) is 0 Å². The second kappa shape index (κ2) is 43.7. The van der Waals surface area contributed by atoms with Crippen molar-refractivity contribution in [1.29, 1.82) is 0 Å². The van der Waals surface area contributed by atoms with E-state index in [0.717, 1.165) is 41.9 Å². The van der Waals surface area contributed by atoms with Gasteiger partial charge in [0.25, 0.3) is 35.4 Å². The van der Waals surface area contributed by atoms with Crippen LogP contribution < -0.4 is 57.4 Å². The smallest absolute Gasteiger partial charge is 0.337 e. The second-order valence-corrected chi connectivity index (χ2v) is 28.0. The first kappa shape index (κ1) is 93.3. The fourth-order valence-corrected chi connectivity index (χ4v) is 13.5. The minimum absolute atomic E-state index is 0.0472. The van der Waals surface area contributed by atoms with E-state index in [9.17, 15) is 59.9 Å². The van der Waals surface area contributed by atoms with Gasteiger partial charge in [0.2, 0.25) is 0 Å². The van der Waals surface area contributed by atoms with Crippen molar-refractivity contribution >= 4 is 64.6 Å². The number of fused-ring (bicyclic) bond motifs is 3. The average Bonchev–Trinajstić information content (AvgIpc) is 1.58. The van der Waals surface area contributed by atoms with Crippen LogP contribution in [0.25, 0.3) is 33.8 Å². The zero-order chi connectivity index (χ0) is 91.0. The number of hydrogen-bond acceptors (Lipinski definition) is 21. The average molecular weight is 1750 g/mol. The van der Waals surface area contributed by atoms with E-state index in [1.807, 2.05) is 39.8 Å². The van der Waals surface area contributed by atoms with E-state index in [4.69, 9.17) is 52.9 Å². The number of carbonyl (C=O) groups excluding carboxylic acids is 6. The quantitative estimate of drug-likeness (QED) is 0.0292. The number of nitrogens with zero attached hydrogens (tertiary/aromatic N) is 9. The number of nitrogens with two attached hydrogens (primary N) is 3. The molecular weight excluding hydrogens is 1660 g/mol. The highest BCUT2D eigenvalue weighted by atomic mass is 35.5. The number of benzene rings is 5. The largest absolute Gasteiger partial charge is 0.497 e. The molecule has 11 N–H and O–H groups in total. The molecule has 0 saturated heterocycles. The van der Waals surface area contributed by atoms with Crippen molar-refractivity contribution in [2.24, 2.45) is 5.73 Å². The van der Waals surface area contributed by atoms with Gasteiger partial charge in [0.15, 0.2) is 0 Å². The lowest BCUT2D eigenvalue weighted by atomic mass is 9.98. The molecule has 0 aliphatic carbocycles. The van der Waals surface area contributed by atoms with E-state index in [-0.39, 0.29) is 131 Å². The van der Waals surface area contributed by atoms with E-state index < -0.39 is 40.9 Å². The Hall–Kier alpha value is -14.9. The molecule has 6 amide bonds. The number of carbonyl (C=O) groups is 7. The van der Waals surface area contributed by atoms with Crippen molar-refractivity contribution in [3.8, 4) is 56.8 Å². The van der Waals surface area contributed by atoms with E-state index in [2.05, 4.69) is 56.2 Å². The molecule has 652 valence electrons. The summed E-state index contributed by atoms with van der Waals surface area (Å²) in [5.74, 6) is -3.76. The summed E-state index contributed by atoms with van der Waals surface area (Å²) < 4.78 is 108. The van der Waals surface area contributed by atoms with Crippen LogP contribution >= 0.6 is 11.6 Å². The summed E-state index contributed by atoms with van der Waals surface area (Å²) in [5, 5.41) is 19.3. The molecule has 0 saturated carbocycles. The van der Waals surface area contributed by atoms with Gasteiger partial charge >= 0.3 is 5.97 Å². The molecule has 0 spiro atoms. The highest BCUT2D eigenvalue weighted by Crippen LogP contribution is 2.39. The van der Waals surface area contributed by atoms with Gasteiger partial charge in [-0.1, -0.05) is 36.7 Å². The Labute approximate surface area is 725 Å². The lowest BCUT2D eigenvalue weighted by molar-refractivity contribution is 0.0693. The highest BCUT2D eigenvalue weighted by Gasteiger charge is 2.36. The van der Waals surface area contributed by atoms with E-state index in [1.165, 1.54) is 99.7 Å². The summed E-state index contributed by atoms with van der Waals surface area (Å²) in [6, 6.07) is 38.6. The molecule has 7 aromatic heterocycles. The number of methoxy groups -OCH3 is 4. The molecule has 126 heavy (non-hydrogen) atoms. The second-order valence-electron chi connectivity index (χ2n) is 27.6. The maximum Gasteiger partial charge on any atom is 0.337 e. The number of aromatic carboxylic acids is 1. The number of rotatable bonds is 22. The summed E-state index contributed by atoms with van der Waals surface area (Å²) in [6.07, 6.45) is 6.03. The molecular formula is C91H87ClF6N16O12. The molecule has 35 heteroatoms. The number of pyridine rings is 7. The summed E-state index contributed by atoms with van der Waals surface area (Å²) in [6.45, 7) is 10.7. The lowest BCUT2D eigenvalue weighted by Gasteiger charge is -2.18.